The molecule has 0 heterocycles. The van der Waals surface area contributed by atoms with Crippen LogP contribution in [0.1, 0.15) is 18.9 Å². The van der Waals surface area contributed by atoms with Crippen molar-refractivity contribution in [2.24, 2.45) is 0 Å². The number of alkyl halides is 3. The average Bonchev–Trinajstić information content (AvgIpc) is 2.27. The zero-order valence-electron chi connectivity index (χ0n) is 10.7. The smallest absolute Gasteiger partial charge is 0.207 e. The number of nitrogens with zero attached hydrogens (tertiary/aromatic N) is 1. The van der Waals surface area contributed by atoms with E-state index in [0.29, 0.717) is 13.0 Å². The first-order chi connectivity index (χ1) is 8.66. The van der Waals surface area contributed by atoms with E-state index in [-0.39, 0.29) is 11.4 Å². The summed E-state index contributed by atoms with van der Waals surface area (Å²) in [7, 11) is -3.63. The van der Waals surface area contributed by atoms with Crippen molar-refractivity contribution in [3.63, 3.8) is 0 Å². The lowest BCUT2D eigenvalue weighted by Crippen LogP contribution is -2.38. The Kier molecular flexibility index (Phi) is 5.96. The minimum absolute atomic E-state index is 0.165. The number of sulfonamides is 1. The fourth-order valence-electron chi connectivity index (χ4n) is 1.59. The maximum Gasteiger partial charge on any atom is 0.243 e. The maximum atomic E-state index is 12.5. The van der Waals surface area contributed by atoms with Crippen LogP contribution >= 0.6 is 34.8 Å². The molecule has 0 aromatic heterocycles. The molecule has 1 aromatic carbocycles. The van der Waals surface area contributed by atoms with E-state index in [9.17, 15) is 8.42 Å². The van der Waals surface area contributed by atoms with Crippen LogP contribution in [0.4, 0.5) is 0 Å². The van der Waals surface area contributed by atoms with E-state index < -0.39 is 13.8 Å². The number of aryl methyl sites for hydroxylation is 1. The fraction of sp³-hybridized carbons (Fsp3) is 0.500. The van der Waals surface area contributed by atoms with Gasteiger partial charge in [-0.1, -0.05) is 59.4 Å². The quantitative estimate of drug-likeness (QED) is 0.763. The van der Waals surface area contributed by atoms with E-state index in [1.165, 1.54) is 4.31 Å². The van der Waals surface area contributed by atoms with Crippen LogP contribution in [0.25, 0.3) is 0 Å². The molecule has 0 saturated carbocycles. The van der Waals surface area contributed by atoms with Gasteiger partial charge in [-0.2, -0.15) is 4.31 Å². The molecule has 0 aliphatic rings. The third-order valence-corrected chi connectivity index (χ3v) is 4.71. The molecular weight excluding hydrogens is 329 g/mol. The highest BCUT2D eigenvalue weighted by Gasteiger charge is 2.31. The van der Waals surface area contributed by atoms with Gasteiger partial charge in [0.05, 0.1) is 11.4 Å². The highest BCUT2D eigenvalue weighted by atomic mass is 35.6. The van der Waals surface area contributed by atoms with Crippen LogP contribution in [0.15, 0.2) is 29.2 Å². The second-order valence-corrected chi connectivity index (χ2v) is 8.72. The van der Waals surface area contributed by atoms with Crippen molar-refractivity contribution >= 4 is 44.8 Å². The molecule has 7 heteroatoms. The lowest BCUT2D eigenvalue weighted by molar-refractivity contribution is 0.416. The van der Waals surface area contributed by atoms with Crippen LogP contribution in [0.3, 0.4) is 0 Å². The molecule has 0 saturated heterocycles. The van der Waals surface area contributed by atoms with Crippen molar-refractivity contribution in [1.82, 2.24) is 4.31 Å². The van der Waals surface area contributed by atoms with Gasteiger partial charge in [-0.15, -0.1) is 0 Å². The molecule has 1 rings (SSSR count). The van der Waals surface area contributed by atoms with Gasteiger partial charge >= 0.3 is 0 Å². The third-order valence-electron chi connectivity index (χ3n) is 2.49. The molecule has 3 nitrogen and oxygen atoms in total. The fourth-order valence-corrected chi connectivity index (χ4v) is 3.80. The van der Waals surface area contributed by atoms with E-state index in [1.54, 1.807) is 24.3 Å². The highest BCUT2D eigenvalue weighted by Crippen LogP contribution is 2.29. The van der Waals surface area contributed by atoms with E-state index in [1.807, 2.05) is 13.8 Å². The van der Waals surface area contributed by atoms with Gasteiger partial charge in [0.15, 0.2) is 0 Å². The standard InChI is InChI=1S/C12H16Cl3NO2S/c1-3-8-16(9-12(13,14)15)19(17,18)11-6-4-10(2)5-7-11/h4-7H,3,8-9H2,1-2H3. The molecule has 1 aromatic rings. The number of halogens is 3. The van der Waals surface area contributed by atoms with Gasteiger partial charge in [0, 0.05) is 6.54 Å². The number of hydrogen-bond acceptors (Lipinski definition) is 2. The Balaban J connectivity index is 3.09. The van der Waals surface area contributed by atoms with Crippen LogP contribution in [0, 0.1) is 6.92 Å². The zero-order valence-corrected chi connectivity index (χ0v) is 13.8. The van der Waals surface area contributed by atoms with Crippen LogP contribution in [0.5, 0.6) is 0 Å². The Morgan fingerprint density at radius 1 is 1.16 bits per heavy atom. The first kappa shape index (κ1) is 17.1. The monoisotopic (exact) mass is 343 g/mol. The average molecular weight is 345 g/mol. The Morgan fingerprint density at radius 3 is 2.11 bits per heavy atom. The van der Waals surface area contributed by atoms with Crippen LogP contribution in [-0.2, 0) is 10.0 Å². The predicted octanol–water partition coefficient (Wildman–Crippen LogP) is 3.77. The molecule has 0 radical (unpaired) electrons. The van der Waals surface area contributed by atoms with Gasteiger partial charge in [0.25, 0.3) is 0 Å². The van der Waals surface area contributed by atoms with Crippen molar-refractivity contribution in [3.8, 4) is 0 Å². The minimum Gasteiger partial charge on any atom is -0.207 e. The molecular formula is C12H16Cl3NO2S. The molecule has 0 unspecified atom stereocenters. The van der Waals surface area contributed by atoms with Crippen molar-refractivity contribution < 1.29 is 8.42 Å². The largest absolute Gasteiger partial charge is 0.243 e. The molecule has 0 N–H and O–H groups in total. The SMILES string of the molecule is CCCN(CC(Cl)(Cl)Cl)S(=O)(=O)c1ccc(C)cc1. The second kappa shape index (κ2) is 6.64. The lowest BCUT2D eigenvalue weighted by Gasteiger charge is -2.25. The van der Waals surface area contributed by atoms with Crippen molar-refractivity contribution in [1.29, 1.82) is 0 Å². The highest BCUT2D eigenvalue weighted by molar-refractivity contribution is 7.89. The minimum atomic E-state index is -3.63. The first-order valence-electron chi connectivity index (χ1n) is 5.80. The van der Waals surface area contributed by atoms with Gasteiger partial charge in [-0.25, -0.2) is 8.42 Å². The van der Waals surface area contributed by atoms with Crippen LogP contribution < -0.4 is 0 Å². The zero-order chi connectivity index (χ0) is 14.7. The van der Waals surface area contributed by atoms with Gasteiger partial charge < -0.3 is 0 Å². The topological polar surface area (TPSA) is 37.4 Å². The molecule has 0 fully saturated rings. The molecule has 0 spiro atoms. The Morgan fingerprint density at radius 2 is 1.68 bits per heavy atom. The van der Waals surface area contributed by atoms with Gasteiger partial charge in [-0.3, -0.25) is 0 Å². The van der Waals surface area contributed by atoms with Crippen molar-refractivity contribution in [2.45, 2.75) is 29.0 Å². The number of hydrogen-bond donors (Lipinski definition) is 0. The summed E-state index contributed by atoms with van der Waals surface area (Å²) in [4.78, 5) is 0.209. The second-order valence-electron chi connectivity index (χ2n) is 4.27. The molecule has 19 heavy (non-hydrogen) atoms. The predicted molar refractivity (Wildman–Crippen MR) is 80.5 cm³/mol. The van der Waals surface area contributed by atoms with Gasteiger partial charge in [0.2, 0.25) is 13.8 Å². The van der Waals surface area contributed by atoms with Crippen LogP contribution in [-0.4, -0.2) is 29.6 Å². The van der Waals surface area contributed by atoms with Crippen molar-refractivity contribution in [3.05, 3.63) is 29.8 Å². The maximum absolute atomic E-state index is 12.5. The van der Waals surface area contributed by atoms with E-state index in [0.717, 1.165) is 5.56 Å². The molecule has 0 aliphatic carbocycles. The molecule has 0 amide bonds. The Labute approximate surface area is 129 Å². The summed E-state index contributed by atoms with van der Waals surface area (Å²) in [5.41, 5.74) is 0.988. The third kappa shape index (κ3) is 5.12. The summed E-state index contributed by atoms with van der Waals surface area (Å²) < 4.78 is 24.5. The van der Waals surface area contributed by atoms with E-state index in [4.69, 9.17) is 34.8 Å². The van der Waals surface area contributed by atoms with Crippen molar-refractivity contribution in [2.75, 3.05) is 13.1 Å². The molecule has 108 valence electrons. The summed E-state index contributed by atoms with van der Waals surface area (Å²) in [5.74, 6) is 0. The number of rotatable bonds is 5. The number of benzene rings is 1. The lowest BCUT2D eigenvalue weighted by atomic mass is 10.2. The Bertz CT molecular complexity index is 509. The van der Waals surface area contributed by atoms with Crippen LogP contribution in [0.2, 0.25) is 0 Å². The summed E-state index contributed by atoms with van der Waals surface area (Å²) >= 11 is 17.1. The first-order valence-corrected chi connectivity index (χ1v) is 8.38. The normalized spacial score (nSPS) is 12.9. The summed E-state index contributed by atoms with van der Waals surface area (Å²) in [6.07, 6.45) is 0.645. The Hall–Kier alpha value is -0.000000000000000222. The summed E-state index contributed by atoms with van der Waals surface area (Å²) in [6.45, 7) is 3.91. The molecule has 0 atom stereocenters. The van der Waals surface area contributed by atoms with Gasteiger partial charge in [-0.05, 0) is 25.5 Å². The van der Waals surface area contributed by atoms with E-state index in [2.05, 4.69) is 0 Å². The van der Waals surface area contributed by atoms with Gasteiger partial charge in [0.1, 0.15) is 0 Å². The molecule has 0 bridgehead atoms. The molecule has 0 aliphatic heterocycles. The van der Waals surface area contributed by atoms with E-state index >= 15 is 0 Å². The summed E-state index contributed by atoms with van der Waals surface area (Å²) in [5, 5.41) is 0. The summed E-state index contributed by atoms with van der Waals surface area (Å²) in [6, 6.07) is 6.61.